The fraction of sp³-hybridized carbons (Fsp3) is 0.385. The van der Waals surface area contributed by atoms with Crippen LogP contribution in [0.3, 0.4) is 0 Å². The van der Waals surface area contributed by atoms with Crippen molar-refractivity contribution in [3.63, 3.8) is 0 Å². The summed E-state index contributed by atoms with van der Waals surface area (Å²) in [5.41, 5.74) is 3.46. The molecule has 7 heteroatoms. The molecule has 0 saturated carbocycles. The number of carbonyl (C=O) groups excluding carboxylic acids is 1. The molecule has 33 heavy (non-hydrogen) atoms. The van der Waals surface area contributed by atoms with Gasteiger partial charge in [0, 0.05) is 31.2 Å². The van der Waals surface area contributed by atoms with Gasteiger partial charge in [-0.2, -0.15) is 0 Å². The average Bonchev–Trinajstić information content (AvgIpc) is 3.07. The molecule has 1 aromatic heterocycles. The molecule has 2 aromatic carbocycles. The molecule has 2 aliphatic rings. The zero-order chi connectivity index (χ0) is 23.1. The van der Waals surface area contributed by atoms with E-state index in [2.05, 4.69) is 4.90 Å². The predicted octanol–water partition coefficient (Wildman–Crippen LogP) is 4.33. The summed E-state index contributed by atoms with van der Waals surface area (Å²) in [6.45, 7) is 8.55. The smallest absolute Gasteiger partial charge is 0.290 e. The van der Waals surface area contributed by atoms with Gasteiger partial charge in [-0.1, -0.05) is 29.8 Å². The van der Waals surface area contributed by atoms with E-state index >= 15 is 0 Å². The molecule has 172 valence electrons. The molecule has 2 aliphatic heterocycles. The van der Waals surface area contributed by atoms with Gasteiger partial charge in [0.25, 0.3) is 5.91 Å². The number of fused-ring (bicyclic) bond motifs is 2. The Bertz CT molecular complexity index is 1260. The second-order valence-corrected chi connectivity index (χ2v) is 9.33. The lowest BCUT2D eigenvalue weighted by Crippen LogP contribution is -2.38. The number of hydrogen-bond acceptors (Lipinski definition) is 5. The van der Waals surface area contributed by atoms with E-state index in [4.69, 9.17) is 20.8 Å². The van der Waals surface area contributed by atoms with Gasteiger partial charge in [-0.3, -0.25) is 14.5 Å². The largest absolute Gasteiger partial charge is 0.450 e. The van der Waals surface area contributed by atoms with Gasteiger partial charge in [0.15, 0.2) is 5.43 Å². The number of morpholine rings is 1. The van der Waals surface area contributed by atoms with Crippen LogP contribution in [-0.2, 0) is 4.74 Å². The highest BCUT2D eigenvalue weighted by atomic mass is 35.5. The minimum atomic E-state index is -0.490. The fourth-order valence-electron chi connectivity index (χ4n) is 5.03. The molecule has 0 aliphatic carbocycles. The molecule has 1 amide bonds. The van der Waals surface area contributed by atoms with Crippen LogP contribution in [0.1, 0.15) is 45.3 Å². The van der Waals surface area contributed by atoms with Gasteiger partial charge in [0.05, 0.1) is 30.2 Å². The minimum Gasteiger partial charge on any atom is -0.450 e. The Morgan fingerprint density at radius 1 is 1.03 bits per heavy atom. The third kappa shape index (κ3) is 4.07. The maximum absolute atomic E-state index is 13.7. The quantitative estimate of drug-likeness (QED) is 0.560. The Labute approximate surface area is 197 Å². The summed E-state index contributed by atoms with van der Waals surface area (Å²) >= 11 is 6.12. The Morgan fingerprint density at radius 3 is 2.48 bits per heavy atom. The van der Waals surface area contributed by atoms with Gasteiger partial charge >= 0.3 is 0 Å². The number of amides is 1. The lowest BCUT2D eigenvalue weighted by molar-refractivity contribution is 0.0353. The normalized spacial score (nSPS) is 18.8. The molecule has 5 rings (SSSR count). The van der Waals surface area contributed by atoms with Crippen LogP contribution in [0.5, 0.6) is 0 Å². The summed E-state index contributed by atoms with van der Waals surface area (Å²) in [7, 11) is 0. The van der Waals surface area contributed by atoms with Crippen LogP contribution in [0.4, 0.5) is 0 Å². The monoisotopic (exact) mass is 466 g/mol. The van der Waals surface area contributed by atoms with Crippen molar-refractivity contribution in [1.29, 1.82) is 0 Å². The van der Waals surface area contributed by atoms with E-state index in [0.29, 0.717) is 28.1 Å². The summed E-state index contributed by atoms with van der Waals surface area (Å²) in [6, 6.07) is 10.7. The molecule has 1 atom stereocenters. The SMILES string of the molecule is Cc1cc(C)c2c(=O)c3c(oc2c1)C(=O)N(CCCN1CCOCC1)C3c1ccc(Cl)cc1. The second-order valence-electron chi connectivity index (χ2n) is 8.89. The Morgan fingerprint density at radius 2 is 1.76 bits per heavy atom. The van der Waals surface area contributed by atoms with Gasteiger partial charge in [-0.25, -0.2) is 0 Å². The van der Waals surface area contributed by atoms with E-state index in [9.17, 15) is 9.59 Å². The van der Waals surface area contributed by atoms with E-state index in [1.54, 1.807) is 17.0 Å². The van der Waals surface area contributed by atoms with Crippen LogP contribution < -0.4 is 5.43 Å². The molecular weight excluding hydrogens is 440 g/mol. The molecular formula is C26H27ClN2O4. The number of ether oxygens (including phenoxy) is 1. The summed E-state index contributed by atoms with van der Waals surface area (Å²) in [4.78, 5) is 31.4. The van der Waals surface area contributed by atoms with E-state index in [-0.39, 0.29) is 17.1 Å². The second kappa shape index (κ2) is 8.93. The number of nitrogens with zero attached hydrogens (tertiary/aromatic N) is 2. The van der Waals surface area contributed by atoms with Crippen molar-refractivity contribution in [2.24, 2.45) is 0 Å². The number of benzene rings is 2. The van der Waals surface area contributed by atoms with E-state index in [0.717, 1.165) is 56.0 Å². The summed E-state index contributed by atoms with van der Waals surface area (Å²) < 4.78 is 11.5. The van der Waals surface area contributed by atoms with Crippen LogP contribution in [0.15, 0.2) is 45.6 Å². The Hall–Kier alpha value is -2.67. The Kier molecular flexibility index (Phi) is 5.99. The van der Waals surface area contributed by atoms with Crippen LogP contribution in [0.25, 0.3) is 11.0 Å². The summed E-state index contributed by atoms with van der Waals surface area (Å²) in [5.74, 6) is -0.0751. The number of halogens is 1. The van der Waals surface area contributed by atoms with Gasteiger partial charge < -0.3 is 14.1 Å². The number of aryl methyl sites for hydroxylation is 2. The third-order valence-electron chi connectivity index (χ3n) is 6.58. The van der Waals surface area contributed by atoms with Crippen LogP contribution >= 0.6 is 11.6 Å². The molecule has 6 nitrogen and oxygen atoms in total. The number of rotatable bonds is 5. The van der Waals surface area contributed by atoms with Crippen molar-refractivity contribution >= 4 is 28.5 Å². The molecule has 3 heterocycles. The minimum absolute atomic E-state index is 0.132. The highest BCUT2D eigenvalue weighted by molar-refractivity contribution is 6.30. The number of hydrogen-bond donors (Lipinski definition) is 0. The zero-order valence-electron chi connectivity index (χ0n) is 18.9. The predicted molar refractivity (Wildman–Crippen MR) is 128 cm³/mol. The zero-order valence-corrected chi connectivity index (χ0v) is 19.7. The molecule has 0 spiro atoms. The van der Waals surface area contributed by atoms with Crippen molar-refractivity contribution in [3.05, 3.63) is 79.7 Å². The first-order chi connectivity index (χ1) is 15.9. The Balaban J connectivity index is 1.56. The lowest BCUT2D eigenvalue weighted by atomic mass is 9.97. The topological polar surface area (TPSA) is 63.0 Å². The van der Waals surface area contributed by atoms with Gasteiger partial charge in [-0.05, 0) is 55.2 Å². The molecule has 1 fully saturated rings. The number of carbonyl (C=O) groups is 1. The molecule has 3 aromatic rings. The van der Waals surface area contributed by atoms with Crippen molar-refractivity contribution in [3.8, 4) is 0 Å². The lowest BCUT2D eigenvalue weighted by Gasteiger charge is -2.29. The van der Waals surface area contributed by atoms with E-state index in [1.807, 2.05) is 38.1 Å². The van der Waals surface area contributed by atoms with Gasteiger partial charge in [0.1, 0.15) is 5.58 Å². The van der Waals surface area contributed by atoms with Crippen molar-refractivity contribution < 1.29 is 13.9 Å². The van der Waals surface area contributed by atoms with Crippen LogP contribution in [-0.4, -0.2) is 55.1 Å². The maximum atomic E-state index is 13.7. The first kappa shape index (κ1) is 22.1. The fourth-order valence-corrected chi connectivity index (χ4v) is 5.15. The van der Waals surface area contributed by atoms with E-state index < -0.39 is 6.04 Å². The summed E-state index contributed by atoms with van der Waals surface area (Å²) in [5, 5.41) is 1.15. The highest BCUT2D eigenvalue weighted by Gasteiger charge is 2.42. The standard InChI is InChI=1S/C26H27ClN2O4/c1-16-14-17(2)21-20(15-16)33-25-22(24(21)30)23(18-4-6-19(27)7-5-18)29(26(25)31)9-3-8-28-10-12-32-13-11-28/h4-7,14-15,23H,3,8-13H2,1-2H3. The molecule has 0 radical (unpaired) electrons. The van der Waals surface area contributed by atoms with Crippen LogP contribution in [0, 0.1) is 13.8 Å². The average molecular weight is 467 g/mol. The first-order valence-electron chi connectivity index (χ1n) is 11.4. The maximum Gasteiger partial charge on any atom is 0.290 e. The first-order valence-corrected chi connectivity index (χ1v) is 11.8. The van der Waals surface area contributed by atoms with Crippen molar-refractivity contribution in [2.75, 3.05) is 39.4 Å². The van der Waals surface area contributed by atoms with Crippen molar-refractivity contribution in [2.45, 2.75) is 26.3 Å². The van der Waals surface area contributed by atoms with E-state index in [1.165, 1.54) is 0 Å². The third-order valence-corrected chi connectivity index (χ3v) is 6.83. The van der Waals surface area contributed by atoms with Crippen molar-refractivity contribution in [1.82, 2.24) is 9.80 Å². The highest BCUT2D eigenvalue weighted by Crippen LogP contribution is 2.39. The van der Waals surface area contributed by atoms with Gasteiger partial charge in [0.2, 0.25) is 5.76 Å². The molecule has 1 saturated heterocycles. The molecule has 0 bridgehead atoms. The summed E-state index contributed by atoms with van der Waals surface area (Å²) in [6.07, 6.45) is 0.801. The molecule has 1 unspecified atom stereocenters. The van der Waals surface area contributed by atoms with Crippen LogP contribution in [0.2, 0.25) is 5.02 Å². The molecule has 0 N–H and O–H groups in total. The van der Waals surface area contributed by atoms with Gasteiger partial charge in [-0.15, -0.1) is 0 Å².